The Labute approximate surface area is 175 Å². The zero-order chi connectivity index (χ0) is 20.2. The summed E-state index contributed by atoms with van der Waals surface area (Å²) < 4.78 is 1.90. The summed E-state index contributed by atoms with van der Waals surface area (Å²) in [5, 5.41) is 8.22. The molecule has 2 heterocycles. The van der Waals surface area contributed by atoms with Gasteiger partial charge in [0.2, 0.25) is 0 Å². The van der Waals surface area contributed by atoms with E-state index in [9.17, 15) is 0 Å². The van der Waals surface area contributed by atoms with Crippen LogP contribution in [0.3, 0.4) is 0 Å². The number of benzene rings is 3. The van der Waals surface area contributed by atoms with Gasteiger partial charge < -0.3 is 5.32 Å². The smallest absolute Gasteiger partial charge is 0.165 e. The third-order valence-electron chi connectivity index (χ3n) is 5.19. The Morgan fingerprint density at radius 1 is 0.733 bits per heavy atom. The molecule has 0 saturated heterocycles. The van der Waals surface area contributed by atoms with Crippen molar-refractivity contribution in [3.63, 3.8) is 0 Å². The van der Waals surface area contributed by atoms with Crippen LogP contribution >= 0.6 is 0 Å². The fraction of sp³-hybridized carbons (Fsp3) is 0.0769. The van der Waals surface area contributed by atoms with Gasteiger partial charge in [-0.2, -0.15) is 9.61 Å². The van der Waals surface area contributed by atoms with Gasteiger partial charge in [0.15, 0.2) is 5.65 Å². The van der Waals surface area contributed by atoms with Gasteiger partial charge in [0.25, 0.3) is 0 Å². The lowest BCUT2D eigenvalue weighted by molar-refractivity contribution is 0.914. The molecule has 5 rings (SSSR count). The highest BCUT2D eigenvalue weighted by Crippen LogP contribution is 2.28. The minimum Gasteiger partial charge on any atom is -0.370 e. The van der Waals surface area contributed by atoms with E-state index in [1.807, 2.05) is 53.2 Å². The lowest BCUT2D eigenvalue weighted by Crippen LogP contribution is -2.10. The van der Waals surface area contributed by atoms with Crippen LogP contribution in [0.1, 0.15) is 5.56 Å². The van der Waals surface area contributed by atoms with Crippen LogP contribution in [0.15, 0.2) is 103 Å². The van der Waals surface area contributed by atoms with Gasteiger partial charge in [-0.3, -0.25) is 0 Å². The van der Waals surface area contributed by atoms with E-state index >= 15 is 0 Å². The van der Waals surface area contributed by atoms with Crippen LogP contribution in [-0.2, 0) is 6.42 Å². The Bertz CT molecular complexity index is 1250. The van der Waals surface area contributed by atoms with E-state index in [1.165, 1.54) is 5.56 Å². The van der Waals surface area contributed by atoms with Crippen LogP contribution in [0.2, 0.25) is 0 Å². The Morgan fingerprint density at radius 2 is 1.37 bits per heavy atom. The van der Waals surface area contributed by atoms with Gasteiger partial charge in [-0.1, -0.05) is 91.0 Å². The molecule has 0 aliphatic rings. The summed E-state index contributed by atoms with van der Waals surface area (Å²) in [6, 6.07) is 33.2. The summed E-state index contributed by atoms with van der Waals surface area (Å²) in [5.74, 6) is 0.942. The van der Waals surface area contributed by atoms with Crippen LogP contribution in [-0.4, -0.2) is 21.1 Å². The molecule has 3 aromatic carbocycles. The third-order valence-corrected chi connectivity index (χ3v) is 5.19. The molecular weight excluding hydrogens is 368 g/mol. The van der Waals surface area contributed by atoms with Crippen LogP contribution in [0.4, 0.5) is 5.82 Å². The van der Waals surface area contributed by atoms with Gasteiger partial charge >= 0.3 is 0 Å². The van der Waals surface area contributed by atoms with Crippen molar-refractivity contribution >= 4 is 11.5 Å². The van der Waals surface area contributed by atoms with Gasteiger partial charge in [0.1, 0.15) is 5.82 Å². The van der Waals surface area contributed by atoms with Crippen molar-refractivity contribution in [1.29, 1.82) is 0 Å². The van der Waals surface area contributed by atoms with Crippen molar-refractivity contribution in [2.45, 2.75) is 6.42 Å². The summed E-state index contributed by atoms with van der Waals surface area (Å²) in [6.45, 7) is 0.817. The zero-order valence-corrected chi connectivity index (χ0v) is 16.6. The molecule has 0 atom stereocenters. The molecule has 0 amide bonds. The Hall–Kier alpha value is -3.92. The predicted molar refractivity (Wildman–Crippen MR) is 122 cm³/mol. The van der Waals surface area contributed by atoms with E-state index in [-0.39, 0.29) is 0 Å². The fourth-order valence-electron chi connectivity index (χ4n) is 3.65. The molecule has 1 N–H and O–H groups in total. The molecule has 4 heteroatoms. The number of rotatable bonds is 6. The molecule has 146 valence electrons. The standard InChI is InChI=1S/C26H22N4/c1-4-10-20(11-5-1)16-17-27-25-18-24(22-14-8-3-9-15-22)29-26-23(19-28-30(25)26)21-12-6-2-7-13-21/h1-15,18-19,27H,16-17H2. The highest BCUT2D eigenvalue weighted by molar-refractivity contribution is 5.80. The van der Waals surface area contributed by atoms with E-state index < -0.39 is 0 Å². The number of hydrogen-bond acceptors (Lipinski definition) is 3. The molecule has 0 bridgehead atoms. The minimum absolute atomic E-state index is 0.817. The van der Waals surface area contributed by atoms with Gasteiger partial charge in [-0.05, 0) is 17.5 Å². The first-order valence-corrected chi connectivity index (χ1v) is 10.2. The number of nitrogens with one attached hydrogen (secondary N) is 1. The average Bonchev–Trinajstić information content (AvgIpc) is 3.25. The predicted octanol–water partition coefficient (Wildman–Crippen LogP) is 5.72. The number of hydrogen-bond donors (Lipinski definition) is 1. The first kappa shape index (κ1) is 18.1. The summed E-state index contributed by atoms with van der Waals surface area (Å²) in [5.41, 5.74) is 6.32. The molecule has 0 fully saturated rings. The normalized spacial score (nSPS) is 10.9. The highest BCUT2D eigenvalue weighted by Gasteiger charge is 2.13. The second kappa shape index (κ2) is 8.21. The second-order valence-electron chi connectivity index (χ2n) is 7.21. The lowest BCUT2D eigenvalue weighted by Gasteiger charge is -2.11. The number of nitrogens with zero attached hydrogens (tertiary/aromatic N) is 3. The topological polar surface area (TPSA) is 42.2 Å². The number of aromatic nitrogens is 3. The zero-order valence-electron chi connectivity index (χ0n) is 16.6. The van der Waals surface area contributed by atoms with Crippen molar-refractivity contribution in [2.24, 2.45) is 0 Å². The van der Waals surface area contributed by atoms with E-state index in [1.54, 1.807) is 0 Å². The molecule has 2 aromatic heterocycles. The molecule has 0 aliphatic heterocycles. The minimum atomic E-state index is 0.817. The lowest BCUT2D eigenvalue weighted by atomic mass is 10.1. The van der Waals surface area contributed by atoms with Crippen LogP contribution in [0.25, 0.3) is 28.0 Å². The Balaban J connectivity index is 1.55. The number of fused-ring (bicyclic) bond motifs is 1. The maximum Gasteiger partial charge on any atom is 0.165 e. The van der Waals surface area contributed by atoms with Gasteiger partial charge in [-0.25, -0.2) is 4.98 Å². The maximum absolute atomic E-state index is 4.97. The van der Waals surface area contributed by atoms with Crippen molar-refractivity contribution in [2.75, 3.05) is 11.9 Å². The van der Waals surface area contributed by atoms with Crippen molar-refractivity contribution in [3.8, 4) is 22.4 Å². The third kappa shape index (κ3) is 3.67. The first-order chi connectivity index (χ1) is 14.9. The average molecular weight is 390 g/mol. The molecule has 0 saturated carbocycles. The second-order valence-corrected chi connectivity index (χ2v) is 7.21. The van der Waals surface area contributed by atoms with Crippen molar-refractivity contribution < 1.29 is 0 Å². The maximum atomic E-state index is 4.97. The molecule has 5 aromatic rings. The molecule has 0 spiro atoms. The van der Waals surface area contributed by atoms with Gasteiger partial charge in [0, 0.05) is 23.7 Å². The Morgan fingerprint density at radius 3 is 2.07 bits per heavy atom. The number of anilines is 1. The van der Waals surface area contributed by atoms with E-state index in [0.29, 0.717) is 0 Å². The highest BCUT2D eigenvalue weighted by atomic mass is 15.3. The largest absolute Gasteiger partial charge is 0.370 e. The first-order valence-electron chi connectivity index (χ1n) is 10.2. The van der Waals surface area contributed by atoms with E-state index in [2.05, 4.69) is 65.0 Å². The molecule has 4 nitrogen and oxygen atoms in total. The summed E-state index contributed by atoms with van der Waals surface area (Å²) in [6.07, 6.45) is 2.84. The molecular formula is C26H22N4. The van der Waals surface area contributed by atoms with Gasteiger partial charge in [-0.15, -0.1) is 0 Å². The quantitative estimate of drug-likeness (QED) is 0.403. The Kier molecular flexibility index (Phi) is 4.96. The molecule has 0 radical (unpaired) electrons. The van der Waals surface area contributed by atoms with Crippen LogP contribution < -0.4 is 5.32 Å². The molecule has 0 aliphatic carbocycles. The summed E-state index contributed by atoms with van der Waals surface area (Å²) in [7, 11) is 0. The van der Waals surface area contributed by atoms with Crippen molar-refractivity contribution in [3.05, 3.63) is 109 Å². The van der Waals surface area contributed by atoms with E-state index in [0.717, 1.165) is 46.8 Å². The summed E-state index contributed by atoms with van der Waals surface area (Å²) >= 11 is 0. The molecule has 30 heavy (non-hydrogen) atoms. The van der Waals surface area contributed by atoms with Crippen molar-refractivity contribution in [1.82, 2.24) is 14.6 Å². The van der Waals surface area contributed by atoms with E-state index in [4.69, 9.17) is 4.98 Å². The fourth-order valence-corrected chi connectivity index (χ4v) is 3.65. The van der Waals surface area contributed by atoms with Crippen LogP contribution in [0.5, 0.6) is 0 Å². The SMILES string of the molecule is c1ccc(CCNc2cc(-c3ccccc3)nc3c(-c4ccccc4)cnn23)cc1. The van der Waals surface area contributed by atoms with Gasteiger partial charge in [0.05, 0.1) is 11.9 Å². The summed E-state index contributed by atoms with van der Waals surface area (Å²) in [4.78, 5) is 4.97. The molecule has 0 unspecified atom stereocenters. The van der Waals surface area contributed by atoms with Crippen LogP contribution in [0, 0.1) is 0 Å². The monoisotopic (exact) mass is 390 g/mol.